The van der Waals surface area contributed by atoms with Gasteiger partial charge in [0.2, 0.25) is 5.91 Å². The van der Waals surface area contributed by atoms with Crippen molar-refractivity contribution in [2.24, 2.45) is 0 Å². The van der Waals surface area contributed by atoms with Gasteiger partial charge in [-0.2, -0.15) is 0 Å². The maximum atomic E-state index is 12.6. The maximum Gasteiger partial charge on any atom is 0.255 e. The third-order valence-electron chi connectivity index (χ3n) is 3.14. The lowest BCUT2D eigenvalue weighted by Crippen LogP contribution is -2.57. The summed E-state index contributed by atoms with van der Waals surface area (Å²) in [6.45, 7) is 3.00. The van der Waals surface area contributed by atoms with Crippen LogP contribution in [-0.2, 0) is 4.79 Å². The largest absolute Gasteiger partial charge is 0.353 e. The molecular formula is C13H14BrIN2O2. The zero-order valence-electron chi connectivity index (χ0n) is 10.5. The molecule has 0 bridgehead atoms. The number of rotatable bonds is 2. The first-order valence-corrected chi connectivity index (χ1v) is 7.95. The average Bonchev–Trinajstić information content (AvgIpc) is 2.40. The molecule has 2 rings (SSSR count). The van der Waals surface area contributed by atoms with Crippen LogP contribution in [0.25, 0.3) is 0 Å². The number of carbonyl (C=O) groups excluding carboxylic acids is 2. The van der Waals surface area contributed by atoms with E-state index >= 15 is 0 Å². The van der Waals surface area contributed by atoms with Crippen molar-refractivity contribution in [3.05, 3.63) is 31.8 Å². The average molecular weight is 437 g/mol. The van der Waals surface area contributed by atoms with E-state index in [0.717, 1.165) is 8.04 Å². The van der Waals surface area contributed by atoms with Crippen LogP contribution in [0.3, 0.4) is 0 Å². The molecule has 1 aromatic rings. The molecule has 1 N–H and O–H groups in total. The Labute approximate surface area is 134 Å². The minimum Gasteiger partial charge on any atom is -0.353 e. The second-order valence-corrected chi connectivity index (χ2v) is 6.42. The van der Waals surface area contributed by atoms with Gasteiger partial charge in [0, 0.05) is 21.1 Å². The quantitative estimate of drug-likeness (QED) is 0.723. The highest BCUT2D eigenvalue weighted by Crippen LogP contribution is 2.22. The fourth-order valence-electron chi connectivity index (χ4n) is 2.18. The number of nitrogens with one attached hydrogen (secondary N) is 1. The Morgan fingerprint density at radius 2 is 2.32 bits per heavy atom. The predicted octanol–water partition coefficient (Wildman–Crippen LogP) is 2.40. The van der Waals surface area contributed by atoms with E-state index in [9.17, 15) is 9.59 Å². The number of benzene rings is 1. The van der Waals surface area contributed by atoms with Crippen LogP contribution in [0.5, 0.6) is 0 Å². The number of piperazine rings is 1. The van der Waals surface area contributed by atoms with Crippen molar-refractivity contribution in [3.8, 4) is 0 Å². The third-order valence-corrected chi connectivity index (χ3v) is 4.57. The predicted molar refractivity (Wildman–Crippen MR) is 85.0 cm³/mol. The molecule has 1 aliphatic rings. The van der Waals surface area contributed by atoms with Gasteiger partial charge in [0.25, 0.3) is 5.91 Å². The Morgan fingerprint density at radius 3 is 3.00 bits per heavy atom. The molecule has 0 radical (unpaired) electrons. The summed E-state index contributed by atoms with van der Waals surface area (Å²) >= 11 is 5.52. The Morgan fingerprint density at radius 1 is 1.58 bits per heavy atom. The van der Waals surface area contributed by atoms with Gasteiger partial charge in [-0.25, -0.2) is 0 Å². The van der Waals surface area contributed by atoms with Gasteiger partial charge < -0.3 is 10.2 Å². The van der Waals surface area contributed by atoms with E-state index in [2.05, 4.69) is 43.8 Å². The molecule has 1 saturated heterocycles. The lowest BCUT2D eigenvalue weighted by Gasteiger charge is -2.34. The number of halogens is 2. The van der Waals surface area contributed by atoms with Gasteiger partial charge in [0.15, 0.2) is 0 Å². The molecule has 4 nitrogen and oxygen atoms in total. The Kier molecular flexibility index (Phi) is 4.83. The zero-order chi connectivity index (χ0) is 14.0. The Hall–Kier alpha value is -0.630. The number of carbonyl (C=O) groups is 2. The maximum absolute atomic E-state index is 12.6. The highest BCUT2D eigenvalue weighted by molar-refractivity contribution is 14.1. The van der Waals surface area contributed by atoms with Crippen molar-refractivity contribution < 1.29 is 9.59 Å². The second-order valence-electron chi connectivity index (χ2n) is 4.34. The van der Waals surface area contributed by atoms with E-state index in [0.29, 0.717) is 25.1 Å². The summed E-state index contributed by atoms with van der Waals surface area (Å²) in [5, 5.41) is 2.80. The smallest absolute Gasteiger partial charge is 0.255 e. The number of nitrogens with zero attached hydrogens (tertiary/aromatic N) is 1. The van der Waals surface area contributed by atoms with Gasteiger partial charge in [0.05, 0.1) is 5.56 Å². The minimum absolute atomic E-state index is 0.0629. The monoisotopic (exact) mass is 436 g/mol. The molecule has 1 aliphatic heterocycles. The topological polar surface area (TPSA) is 49.4 Å². The first-order chi connectivity index (χ1) is 9.04. The van der Waals surface area contributed by atoms with Crippen molar-refractivity contribution in [2.45, 2.75) is 19.4 Å². The standard InChI is InChI=1S/C13H14BrIN2O2/c1-2-11-12(18)16-5-6-17(11)13(19)9-7-8(14)3-4-10(9)15/h3-4,7,11H,2,5-6H2,1H3,(H,16,18). The normalized spacial score (nSPS) is 19.2. The van der Waals surface area contributed by atoms with Crippen molar-refractivity contribution in [1.29, 1.82) is 0 Å². The molecule has 19 heavy (non-hydrogen) atoms. The molecule has 1 atom stereocenters. The van der Waals surface area contributed by atoms with Gasteiger partial charge in [-0.15, -0.1) is 0 Å². The zero-order valence-corrected chi connectivity index (χ0v) is 14.2. The fraction of sp³-hybridized carbons (Fsp3) is 0.385. The lowest BCUT2D eigenvalue weighted by molar-refractivity contribution is -0.127. The highest BCUT2D eigenvalue weighted by Gasteiger charge is 2.32. The van der Waals surface area contributed by atoms with Gasteiger partial charge in [-0.3, -0.25) is 9.59 Å². The SMILES string of the molecule is CCC1C(=O)NCCN1C(=O)c1cc(Br)ccc1I. The van der Waals surface area contributed by atoms with Crippen molar-refractivity contribution in [2.75, 3.05) is 13.1 Å². The molecular weight excluding hydrogens is 423 g/mol. The van der Waals surface area contributed by atoms with Gasteiger partial charge in [-0.05, 0) is 47.2 Å². The highest BCUT2D eigenvalue weighted by atomic mass is 127. The van der Waals surface area contributed by atoms with Crippen LogP contribution in [0.2, 0.25) is 0 Å². The summed E-state index contributed by atoms with van der Waals surface area (Å²) in [7, 11) is 0. The van der Waals surface area contributed by atoms with Crippen molar-refractivity contribution in [3.63, 3.8) is 0 Å². The summed E-state index contributed by atoms with van der Waals surface area (Å²) in [6, 6.07) is 5.24. The second kappa shape index (κ2) is 6.21. The van der Waals surface area contributed by atoms with E-state index in [1.807, 2.05) is 25.1 Å². The van der Waals surface area contributed by atoms with Crippen molar-refractivity contribution >= 4 is 50.3 Å². The van der Waals surface area contributed by atoms with E-state index in [1.165, 1.54) is 0 Å². The Bertz CT molecular complexity index is 521. The summed E-state index contributed by atoms with van der Waals surface area (Å²) in [5.74, 6) is -0.139. The molecule has 0 spiro atoms. The van der Waals surface area contributed by atoms with Crippen LogP contribution in [0.1, 0.15) is 23.7 Å². The molecule has 1 unspecified atom stereocenters. The molecule has 2 amide bonds. The van der Waals surface area contributed by atoms with Crippen LogP contribution in [0.15, 0.2) is 22.7 Å². The summed E-state index contributed by atoms with van der Waals surface area (Å²) in [6.07, 6.45) is 0.627. The number of hydrogen-bond donors (Lipinski definition) is 1. The van der Waals surface area contributed by atoms with Gasteiger partial charge in [-0.1, -0.05) is 22.9 Å². The number of hydrogen-bond acceptors (Lipinski definition) is 2. The minimum atomic E-state index is -0.365. The van der Waals surface area contributed by atoms with E-state index in [1.54, 1.807) is 4.90 Å². The van der Waals surface area contributed by atoms with Crippen LogP contribution in [-0.4, -0.2) is 35.8 Å². The molecule has 0 aromatic heterocycles. The molecule has 102 valence electrons. The molecule has 0 saturated carbocycles. The molecule has 6 heteroatoms. The van der Waals surface area contributed by atoms with E-state index in [4.69, 9.17) is 0 Å². The first-order valence-electron chi connectivity index (χ1n) is 6.08. The van der Waals surface area contributed by atoms with Crippen LogP contribution in [0, 0.1) is 3.57 Å². The van der Waals surface area contributed by atoms with Crippen LogP contribution >= 0.6 is 38.5 Å². The van der Waals surface area contributed by atoms with Gasteiger partial charge in [0.1, 0.15) is 6.04 Å². The molecule has 0 aliphatic carbocycles. The number of amides is 2. The summed E-state index contributed by atoms with van der Waals surface area (Å²) < 4.78 is 1.76. The molecule has 1 fully saturated rings. The molecule has 1 aromatic carbocycles. The lowest BCUT2D eigenvalue weighted by atomic mass is 10.1. The summed E-state index contributed by atoms with van der Waals surface area (Å²) in [5.41, 5.74) is 0.642. The fourth-order valence-corrected chi connectivity index (χ4v) is 3.11. The van der Waals surface area contributed by atoms with E-state index < -0.39 is 0 Å². The van der Waals surface area contributed by atoms with Crippen LogP contribution < -0.4 is 5.32 Å². The third kappa shape index (κ3) is 3.10. The van der Waals surface area contributed by atoms with E-state index in [-0.39, 0.29) is 17.9 Å². The Balaban J connectivity index is 2.32. The van der Waals surface area contributed by atoms with Crippen molar-refractivity contribution in [1.82, 2.24) is 10.2 Å². The van der Waals surface area contributed by atoms with Crippen LogP contribution in [0.4, 0.5) is 0 Å². The van der Waals surface area contributed by atoms with Gasteiger partial charge >= 0.3 is 0 Å². The first kappa shape index (κ1) is 14.8. The molecule has 1 heterocycles. The summed E-state index contributed by atoms with van der Waals surface area (Å²) in [4.78, 5) is 26.1.